The maximum atomic E-state index is 13.0. The minimum atomic E-state index is 0.0147. The molecule has 2 aromatic heterocycles. The minimum Gasteiger partial charge on any atom is -0.484 e. The van der Waals surface area contributed by atoms with E-state index in [1.807, 2.05) is 23.1 Å². The van der Waals surface area contributed by atoms with Gasteiger partial charge in [-0.1, -0.05) is 12.1 Å². The van der Waals surface area contributed by atoms with Crippen molar-refractivity contribution in [3.8, 4) is 5.75 Å². The first-order chi connectivity index (χ1) is 12.6. The molecule has 3 aromatic rings. The lowest BCUT2D eigenvalue weighted by molar-refractivity contribution is -0.135. The Balaban J connectivity index is 1.53. The van der Waals surface area contributed by atoms with Gasteiger partial charge in [-0.2, -0.15) is 0 Å². The van der Waals surface area contributed by atoms with E-state index in [2.05, 4.69) is 42.8 Å². The summed E-state index contributed by atoms with van der Waals surface area (Å²) in [6.07, 6.45) is 0.921. The molecule has 0 radical (unpaired) electrons. The number of carbonyl (C=O) groups is 1. The molecule has 26 heavy (non-hydrogen) atoms. The Kier molecular flexibility index (Phi) is 4.83. The van der Waals surface area contributed by atoms with E-state index in [0.29, 0.717) is 0 Å². The highest BCUT2D eigenvalue weighted by atomic mass is 32.1. The maximum absolute atomic E-state index is 13.0. The lowest BCUT2D eigenvalue weighted by Gasteiger charge is -2.35. The van der Waals surface area contributed by atoms with E-state index in [9.17, 15) is 4.79 Å². The van der Waals surface area contributed by atoms with Gasteiger partial charge in [0.25, 0.3) is 5.91 Å². The molecule has 0 N–H and O–H groups in total. The highest BCUT2D eigenvalue weighted by Crippen LogP contribution is 2.39. The third kappa shape index (κ3) is 3.29. The predicted octanol–water partition coefficient (Wildman–Crippen LogP) is 4.98. The molecule has 0 spiro atoms. The van der Waals surface area contributed by atoms with E-state index in [4.69, 9.17) is 4.74 Å². The molecule has 3 heterocycles. The number of amides is 1. The monoisotopic (exact) mass is 383 g/mol. The Morgan fingerprint density at radius 1 is 1.15 bits per heavy atom. The first-order valence-corrected chi connectivity index (χ1v) is 10.5. The van der Waals surface area contributed by atoms with Crippen LogP contribution in [-0.2, 0) is 11.2 Å². The van der Waals surface area contributed by atoms with Crippen molar-refractivity contribution in [1.29, 1.82) is 0 Å². The minimum absolute atomic E-state index is 0.0147. The van der Waals surface area contributed by atoms with E-state index >= 15 is 0 Å². The van der Waals surface area contributed by atoms with Gasteiger partial charge in [-0.25, -0.2) is 0 Å². The number of carbonyl (C=O) groups excluding carboxylic acids is 1. The van der Waals surface area contributed by atoms with Gasteiger partial charge in [0, 0.05) is 16.3 Å². The van der Waals surface area contributed by atoms with E-state index < -0.39 is 0 Å². The molecular formula is C21H21NO2S2. The summed E-state index contributed by atoms with van der Waals surface area (Å²) in [5, 5.41) is 4.20. The molecule has 0 aliphatic carbocycles. The van der Waals surface area contributed by atoms with Crippen molar-refractivity contribution in [2.75, 3.05) is 13.2 Å². The normalized spacial score (nSPS) is 16.4. The molecule has 1 aromatic carbocycles. The van der Waals surface area contributed by atoms with Crippen LogP contribution in [0.4, 0.5) is 0 Å². The van der Waals surface area contributed by atoms with Crippen LogP contribution < -0.4 is 4.74 Å². The molecule has 0 unspecified atom stereocenters. The fourth-order valence-electron chi connectivity index (χ4n) is 3.37. The summed E-state index contributed by atoms with van der Waals surface area (Å²) in [6, 6.07) is 12.3. The molecule has 0 bridgehead atoms. The molecule has 0 saturated heterocycles. The van der Waals surface area contributed by atoms with Crippen molar-refractivity contribution in [3.05, 3.63) is 73.6 Å². The molecule has 1 aliphatic heterocycles. The highest BCUT2D eigenvalue weighted by Gasteiger charge is 2.33. The Labute approximate surface area is 161 Å². The van der Waals surface area contributed by atoms with E-state index in [0.717, 1.165) is 18.7 Å². The third-order valence-electron chi connectivity index (χ3n) is 4.94. The number of thiophene rings is 2. The van der Waals surface area contributed by atoms with Crippen LogP contribution in [0.3, 0.4) is 0 Å². The Hall–Kier alpha value is -2.11. The predicted molar refractivity (Wildman–Crippen MR) is 107 cm³/mol. The van der Waals surface area contributed by atoms with Crippen LogP contribution in [0.5, 0.6) is 5.75 Å². The van der Waals surface area contributed by atoms with Crippen molar-refractivity contribution >= 4 is 28.6 Å². The van der Waals surface area contributed by atoms with Gasteiger partial charge in [-0.3, -0.25) is 4.79 Å². The van der Waals surface area contributed by atoms with E-state index in [1.165, 1.54) is 26.4 Å². The average Bonchev–Trinajstić information content (AvgIpc) is 3.33. The fraction of sp³-hybridized carbons (Fsp3) is 0.286. The van der Waals surface area contributed by atoms with Crippen LogP contribution in [0.2, 0.25) is 0 Å². The van der Waals surface area contributed by atoms with Gasteiger partial charge in [-0.05, 0) is 72.0 Å². The van der Waals surface area contributed by atoms with Gasteiger partial charge in [0.05, 0.1) is 6.04 Å². The summed E-state index contributed by atoms with van der Waals surface area (Å²) in [6.45, 7) is 4.94. The Bertz CT molecular complexity index is 914. The van der Waals surface area contributed by atoms with Gasteiger partial charge in [0.1, 0.15) is 5.75 Å². The first kappa shape index (κ1) is 17.3. The smallest absolute Gasteiger partial charge is 0.261 e. The van der Waals surface area contributed by atoms with Gasteiger partial charge in [0.15, 0.2) is 6.61 Å². The molecule has 0 fully saturated rings. The highest BCUT2D eigenvalue weighted by molar-refractivity contribution is 7.10. The summed E-state index contributed by atoms with van der Waals surface area (Å²) in [5.41, 5.74) is 3.66. The first-order valence-electron chi connectivity index (χ1n) is 8.72. The summed E-state index contributed by atoms with van der Waals surface area (Å²) < 4.78 is 5.81. The van der Waals surface area contributed by atoms with Crippen LogP contribution in [0.15, 0.2) is 47.2 Å². The summed E-state index contributed by atoms with van der Waals surface area (Å²) in [4.78, 5) is 17.5. The SMILES string of the molecule is Cc1ccc(OCC(=O)N2CCc3sccc3[C@@H]2c2cccs2)cc1C. The molecule has 1 atom stereocenters. The van der Waals surface area contributed by atoms with Crippen molar-refractivity contribution < 1.29 is 9.53 Å². The number of aryl methyl sites for hydroxylation is 2. The standard InChI is InChI=1S/C21H21NO2S2/c1-14-5-6-16(12-15(14)2)24-13-20(23)22-9-7-18-17(8-11-26-18)21(22)19-4-3-10-25-19/h3-6,8,10-12,21H,7,9,13H2,1-2H3/t21-/m1/s1. The lowest BCUT2D eigenvalue weighted by Crippen LogP contribution is -2.42. The molecule has 1 amide bonds. The summed E-state index contributed by atoms with van der Waals surface area (Å²) in [7, 11) is 0. The second-order valence-electron chi connectivity index (χ2n) is 6.59. The largest absolute Gasteiger partial charge is 0.484 e. The zero-order valence-electron chi connectivity index (χ0n) is 14.9. The maximum Gasteiger partial charge on any atom is 0.261 e. The molecule has 0 saturated carbocycles. The average molecular weight is 384 g/mol. The van der Waals surface area contributed by atoms with E-state index in [-0.39, 0.29) is 18.6 Å². The molecule has 134 valence electrons. The quantitative estimate of drug-likeness (QED) is 0.636. The van der Waals surface area contributed by atoms with Crippen LogP contribution in [0.1, 0.15) is 32.5 Å². The Morgan fingerprint density at radius 2 is 2.04 bits per heavy atom. The van der Waals surface area contributed by atoms with Gasteiger partial charge >= 0.3 is 0 Å². The number of nitrogens with zero attached hydrogens (tertiary/aromatic N) is 1. The number of fused-ring (bicyclic) bond motifs is 1. The van der Waals surface area contributed by atoms with Crippen LogP contribution >= 0.6 is 22.7 Å². The molecular weight excluding hydrogens is 362 g/mol. The molecule has 1 aliphatic rings. The van der Waals surface area contributed by atoms with Crippen LogP contribution in [0, 0.1) is 13.8 Å². The lowest BCUT2D eigenvalue weighted by atomic mass is 9.98. The van der Waals surface area contributed by atoms with Crippen molar-refractivity contribution in [1.82, 2.24) is 4.90 Å². The van der Waals surface area contributed by atoms with Gasteiger partial charge in [0.2, 0.25) is 0 Å². The van der Waals surface area contributed by atoms with Crippen molar-refractivity contribution in [3.63, 3.8) is 0 Å². The zero-order chi connectivity index (χ0) is 18.1. The fourth-order valence-corrected chi connectivity index (χ4v) is 5.13. The number of ether oxygens (including phenoxy) is 1. The topological polar surface area (TPSA) is 29.5 Å². The van der Waals surface area contributed by atoms with Crippen molar-refractivity contribution in [2.45, 2.75) is 26.3 Å². The molecule has 4 rings (SSSR count). The molecule has 3 nitrogen and oxygen atoms in total. The summed E-state index contributed by atoms with van der Waals surface area (Å²) >= 11 is 3.49. The molecule has 5 heteroatoms. The number of benzene rings is 1. The van der Waals surface area contributed by atoms with Gasteiger partial charge in [-0.15, -0.1) is 22.7 Å². The van der Waals surface area contributed by atoms with Crippen LogP contribution in [-0.4, -0.2) is 24.0 Å². The zero-order valence-corrected chi connectivity index (χ0v) is 16.5. The number of hydrogen-bond donors (Lipinski definition) is 0. The van der Waals surface area contributed by atoms with Crippen molar-refractivity contribution in [2.24, 2.45) is 0 Å². The second-order valence-corrected chi connectivity index (χ2v) is 8.57. The third-order valence-corrected chi connectivity index (χ3v) is 6.86. The Morgan fingerprint density at radius 3 is 2.81 bits per heavy atom. The van der Waals surface area contributed by atoms with E-state index in [1.54, 1.807) is 22.7 Å². The number of rotatable bonds is 4. The number of hydrogen-bond acceptors (Lipinski definition) is 4. The van der Waals surface area contributed by atoms with Gasteiger partial charge < -0.3 is 9.64 Å². The van der Waals surface area contributed by atoms with Crippen LogP contribution in [0.25, 0.3) is 0 Å². The second kappa shape index (κ2) is 7.25. The summed E-state index contributed by atoms with van der Waals surface area (Å²) in [5.74, 6) is 0.792.